The highest BCUT2D eigenvalue weighted by Gasteiger charge is 2.17. The number of hydrogen-bond donors (Lipinski definition) is 0. The lowest BCUT2D eigenvalue weighted by atomic mass is 10.1. The van der Waals surface area contributed by atoms with E-state index < -0.39 is 0 Å². The van der Waals surface area contributed by atoms with E-state index in [0.29, 0.717) is 17.5 Å². The zero-order chi connectivity index (χ0) is 15.1. The summed E-state index contributed by atoms with van der Waals surface area (Å²) in [6.07, 6.45) is 0. The molecule has 1 aliphatic rings. The van der Waals surface area contributed by atoms with Crippen LogP contribution in [-0.4, -0.2) is 17.0 Å². The Balaban J connectivity index is 1.70. The molecule has 0 unspecified atom stereocenters. The summed E-state index contributed by atoms with van der Waals surface area (Å²) >= 11 is 0. The van der Waals surface area contributed by atoms with E-state index in [4.69, 9.17) is 13.9 Å². The molecule has 2 aromatic carbocycles. The van der Waals surface area contributed by atoms with Gasteiger partial charge < -0.3 is 13.9 Å². The fraction of sp³-hybridized carbons (Fsp3) is 0.176. The van der Waals surface area contributed by atoms with Gasteiger partial charge in [-0.05, 0) is 55.3 Å². The van der Waals surface area contributed by atoms with E-state index in [1.165, 1.54) is 11.1 Å². The van der Waals surface area contributed by atoms with Crippen LogP contribution in [0.25, 0.3) is 22.9 Å². The van der Waals surface area contributed by atoms with Gasteiger partial charge in [-0.15, -0.1) is 10.2 Å². The molecule has 0 fully saturated rings. The summed E-state index contributed by atoms with van der Waals surface area (Å²) < 4.78 is 16.5. The number of aryl methyl sites for hydroxylation is 2. The van der Waals surface area contributed by atoms with Crippen molar-refractivity contribution in [2.75, 3.05) is 6.79 Å². The molecule has 5 heteroatoms. The highest BCUT2D eigenvalue weighted by Crippen LogP contribution is 2.36. The predicted molar refractivity (Wildman–Crippen MR) is 80.8 cm³/mol. The lowest BCUT2D eigenvalue weighted by Crippen LogP contribution is -1.92. The van der Waals surface area contributed by atoms with Gasteiger partial charge in [0.05, 0.1) is 0 Å². The first kappa shape index (κ1) is 12.9. The minimum atomic E-state index is 0.247. The highest BCUT2D eigenvalue weighted by molar-refractivity contribution is 5.62. The first-order valence-electron chi connectivity index (χ1n) is 7.02. The highest BCUT2D eigenvalue weighted by atomic mass is 16.7. The predicted octanol–water partition coefficient (Wildman–Crippen LogP) is 3.75. The van der Waals surface area contributed by atoms with E-state index >= 15 is 0 Å². The fourth-order valence-electron chi connectivity index (χ4n) is 2.36. The Kier molecular flexibility index (Phi) is 2.85. The second-order valence-electron chi connectivity index (χ2n) is 5.28. The first-order chi connectivity index (χ1) is 10.7. The molecule has 2 heterocycles. The number of hydrogen-bond acceptors (Lipinski definition) is 5. The van der Waals surface area contributed by atoms with Crippen LogP contribution in [0.2, 0.25) is 0 Å². The van der Waals surface area contributed by atoms with Gasteiger partial charge in [-0.25, -0.2) is 0 Å². The second-order valence-corrected chi connectivity index (χ2v) is 5.28. The molecule has 0 N–H and O–H groups in total. The molecule has 0 atom stereocenters. The zero-order valence-electron chi connectivity index (χ0n) is 12.3. The van der Waals surface area contributed by atoms with Crippen LogP contribution in [0.15, 0.2) is 40.8 Å². The molecule has 110 valence electrons. The van der Waals surface area contributed by atoms with Crippen LogP contribution in [-0.2, 0) is 0 Å². The summed E-state index contributed by atoms with van der Waals surface area (Å²) in [5.74, 6) is 2.41. The number of aromatic nitrogens is 2. The van der Waals surface area contributed by atoms with Crippen LogP contribution in [0.1, 0.15) is 11.1 Å². The Hall–Kier alpha value is -2.82. The molecule has 0 saturated carbocycles. The molecule has 22 heavy (non-hydrogen) atoms. The van der Waals surface area contributed by atoms with Gasteiger partial charge in [0.15, 0.2) is 11.5 Å². The number of fused-ring (bicyclic) bond motifs is 1. The molecule has 0 amide bonds. The third-order valence-electron chi connectivity index (χ3n) is 3.80. The maximum absolute atomic E-state index is 5.79. The first-order valence-corrected chi connectivity index (χ1v) is 7.02. The fourth-order valence-corrected chi connectivity index (χ4v) is 2.36. The van der Waals surface area contributed by atoms with Crippen molar-refractivity contribution in [2.45, 2.75) is 13.8 Å². The Morgan fingerprint density at radius 2 is 1.45 bits per heavy atom. The van der Waals surface area contributed by atoms with E-state index in [2.05, 4.69) is 30.1 Å². The Labute approximate surface area is 127 Å². The second kappa shape index (κ2) is 4.87. The molecule has 0 aliphatic carbocycles. The van der Waals surface area contributed by atoms with Crippen molar-refractivity contribution >= 4 is 0 Å². The van der Waals surface area contributed by atoms with Crippen LogP contribution in [0.5, 0.6) is 11.5 Å². The van der Waals surface area contributed by atoms with Gasteiger partial charge in [0, 0.05) is 11.1 Å². The van der Waals surface area contributed by atoms with Crippen LogP contribution in [0, 0.1) is 13.8 Å². The molecule has 1 aliphatic heterocycles. The van der Waals surface area contributed by atoms with Crippen LogP contribution >= 0.6 is 0 Å². The molecular formula is C17H14N2O3. The molecule has 0 radical (unpaired) electrons. The summed E-state index contributed by atoms with van der Waals surface area (Å²) in [7, 11) is 0. The molecule has 1 aromatic heterocycles. The van der Waals surface area contributed by atoms with Gasteiger partial charge in [0.25, 0.3) is 0 Å². The van der Waals surface area contributed by atoms with Gasteiger partial charge in [0.2, 0.25) is 18.6 Å². The molecule has 4 rings (SSSR count). The summed E-state index contributed by atoms with van der Waals surface area (Å²) in [5.41, 5.74) is 4.16. The van der Waals surface area contributed by atoms with Crippen molar-refractivity contribution in [2.24, 2.45) is 0 Å². The SMILES string of the molecule is Cc1ccc(-c2nnc(-c3ccc4c(c3)OCO4)o2)cc1C. The van der Waals surface area contributed by atoms with Gasteiger partial charge in [0.1, 0.15) is 0 Å². The van der Waals surface area contributed by atoms with Crippen molar-refractivity contribution < 1.29 is 13.9 Å². The van der Waals surface area contributed by atoms with Gasteiger partial charge >= 0.3 is 0 Å². The van der Waals surface area contributed by atoms with Crippen molar-refractivity contribution in [3.63, 3.8) is 0 Å². The zero-order valence-corrected chi connectivity index (χ0v) is 12.3. The monoisotopic (exact) mass is 294 g/mol. The average molecular weight is 294 g/mol. The Morgan fingerprint density at radius 3 is 2.23 bits per heavy atom. The average Bonchev–Trinajstić information content (AvgIpc) is 3.17. The Bertz CT molecular complexity index is 855. The topological polar surface area (TPSA) is 57.4 Å². The van der Waals surface area contributed by atoms with Crippen molar-refractivity contribution in [1.29, 1.82) is 0 Å². The van der Waals surface area contributed by atoms with Crippen LogP contribution < -0.4 is 9.47 Å². The summed E-state index contributed by atoms with van der Waals surface area (Å²) in [6, 6.07) is 11.7. The van der Waals surface area contributed by atoms with Gasteiger partial charge in [-0.3, -0.25) is 0 Å². The normalized spacial score (nSPS) is 12.6. The van der Waals surface area contributed by atoms with E-state index in [1.807, 2.05) is 30.3 Å². The lowest BCUT2D eigenvalue weighted by Gasteiger charge is -2.01. The van der Waals surface area contributed by atoms with Crippen LogP contribution in [0.4, 0.5) is 0 Å². The van der Waals surface area contributed by atoms with Crippen molar-refractivity contribution in [3.8, 4) is 34.4 Å². The molecule has 0 bridgehead atoms. The Morgan fingerprint density at radius 1 is 0.773 bits per heavy atom. The summed E-state index contributed by atoms with van der Waals surface area (Å²) in [5, 5.41) is 8.27. The van der Waals surface area contributed by atoms with Crippen LogP contribution in [0.3, 0.4) is 0 Å². The summed E-state index contributed by atoms with van der Waals surface area (Å²) in [4.78, 5) is 0. The van der Waals surface area contributed by atoms with E-state index in [-0.39, 0.29) is 6.79 Å². The number of ether oxygens (including phenoxy) is 2. The van der Waals surface area contributed by atoms with E-state index in [1.54, 1.807) is 0 Å². The third kappa shape index (κ3) is 2.11. The van der Waals surface area contributed by atoms with Gasteiger partial charge in [-0.2, -0.15) is 0 Å². The number of benzene rings is 2. The number of rotatable bonds is 2. The maximum atomic E-state index is 5.79. The minimum absolute atomic E-state index is 0.247. The smallest absolute Gasteiger partial charge is 0.248 e. The third-order valence-corrected chi connectivity index (χ3v) is 3.80. The lowest BCUT2D eigenvalue weighted by molar-refractivity contribution is 0.174. The summed E-state index contributed by atoms with van der Waals surface area (Å²) in [6.45, 7) is 4.38. The molecular weight excluding hydrogens is 280 g/mol. The van der Waals surface area contributed by atoms with E-state index in [9.17, 15) is 0 Å². The molecule has 5 nitrogen and oxygen atoms in total. The molecule has 3 aromatic rings. The molecule has 0 spiro atoms. The van der Waals surface area contributed by atoms with Crippen molar-refractivity contribution in [3.05, 3.63) is 47.5 Å². The largest absolute Gasteiger partial charge is 0.454 e. The minimum Gasteiger partial charge on any atom is -0.454 e. The van der Waals surface area contributed by atoms with E-state index in [0.717, 1.165) is 16.9 Å². The maximum Gasteiger partial charge on any atom is 0.248 e. The number of nitrogens with zero attached hydrogens (tertiary/aromatic N) is 2. The van der Waals surface area contributed by atoms with Crippen molar-refractivity contribution in [1.82, 2.24) is 10.2 Å². The molecule has 0 saturated heterocycles. The standard InChI is InChI=1S/C17H14N2O3/c1-10-3-4-12(7-11(10)2)16-18-19-17(22-16)13-5-6-14-15(8-13)21-9-20-14/h3-8H,9H2,1-2H3. The quantitative estimate of drug-likeness (QED) is 0.720. The van der Waals surface area contributed by atoms with Gasteiger partial charge in [-0.1, -0.05) is 6.07 Å².